The maximum Gasteiger partial charge on any atom is 0.409 e. The van der Waals surface area contributed by atoms with E-state index in [0.717, 1.165) is 12.0 Å². The van der Waals surface area contributed by atoms with E-state index in [-0.39, 0.29) is 12.1 Å². The smallest absolute Gasteiger partial charge is 0.409 e. The lowest BCUT2D eigenvalue weighted by Crippen LogP contribution is -2.53. The molecule has 1 aromatic rings. The number of piperazine rings is 1. The number of hydrogen-bond donors (Lipinski definition) is 1. The number of carbonyl (C=O) groups is 1. The molecule has 5 nitrogen and oxygen atoms in total. The molecule has 1 heterocycles. The van der Waals surface area contributed by atoms with Gasteiger partial charge < -0.3 is 19.9 Å². The first-order valence-corrected chi connectivity index (χ1v) is 9.54. The molecule has 25 heavy (non-hydrogen) atoms. The van der Waals surface area contributed by atoms with Crippen LogP contribution >= 0.6 is 35.4 Å². The van der Waals surface area contributed by atoms with E-state index >= 15 is 0 Å². The van der Waals surface area contributed by atoms with Crippen LogP contribution in [0.2, 0.25) is 10.0 Å². The minimum atomic E-state index is -0.261. The SMILES string of the molecule is CCOC(=O)N1CCN(C(=S)N[C@H](CC)c2ccc(Cl)c(Cl)c2)CC1. The number of nitrogens with zero attached hydrogens (tertiary/aromatic N) is 2. The first kappa shape index (κ1) is 20.1. The van der Waals surface area contributed by atoms with Gasteiger partial charge in [0.1, 0.15) is 0 Å². The maximum atomic E-state index is 11.8. The van der Waals surface area contributed by atoms with Crippen molar-refractivity contribution in [3.63, 3.8) is 0 Å². The van der Waals surface area contributed by atoms with Gasteiger partial charge in [-0.2, -0.15) is 0 Å². The monoisotopic (exact) mass is 403 g/mol. The van der Waals surface area contributed by atoms with Crippen LogP contribution in [-0.4, -0.2) is 53.8 Å². The van der Waals surface area contributed by atoms with Crippen LogP contribution in [0.3, 0.4) is 0 Å². The molecule has 8 heteroatoms. The molecule has 0 spiro atoms. The van der Waals surface area contributed by atoms with Gasteiger partial charge >= 0.3 is 6.09 Å². The van der Waals surface area contributed by atoms with E-state index in [1.54, 1.807) is 17.9 Å². The molecule has 0 bridgehead atoms. The van der Waals surface area contributed by atoms with Crippen molar-refractivity contribution in [3.05, 3.63) is 33.8 Å². The van der Waals surface area contributed by atoms with Crippen LogP contribution in [0.15, 0.2) is 18.2 Å². The normalized spacial score (nSPS) is 15.7. The molecule has 1 aliphatic rings. The molecule has 0 saturated carbocycles. The molecule has 0 aliphatic carbocycles. The van der Waals surface area contributed by atoms with Crippen molar-refractivity contribution in [3.8, 4) is 0 Å². The first-order chi connectivity index (χ1) is 12.0. The summed E-state index contributed by atoms with van der Waals surface area (Å²) in [5, 5.41) is 5.15. The van der Waals surface area contributed by atoms with Crippen molar-refractivity contribution in [1.29, 1.82) is 0 Å². The van der Waals surface area contributed by atoms with E-state index in [9.17, 15) is 4.79 Å². The summed E-state index contributed by atoms with van der Waals surface area (Å²) in [7, 11) is 0. The summed E-state index contributed by atoms with van der Waals surface area (Å²) >= 11 is 17.7. The Morgan fingerprint density at radius 1 is 1.20 bits per heavy atom. The number of nitrogens with one attached hydrogen (secondary N) is 1. The summed E-state index contributed by atoms with van der Waals surface area (Å²) in [6, 6.07) is 5.68. The Hall–Kier alpha value is -1.24. The van der Waals surface area contributed by atoms with Gasteiger partial charge in [-0.3, -0.25) is 0 Å². The summed E-state index contributed by atoms with van der Waals surface area (Å²) in [4.78, 5) is 15.5. The Morgan fingerprint density at radius 3 is 2.40 bits per heavy atom. The zero-order valence-corrected chi connectivity index (χ0v) is 16.8. The van der Waals surface area contributed by atoms with Crippen LogP contribution in [0.25, 0.3) is 0 Å². The van der Waals surface area contributed by atoms with Crippen LogP contribution in [0.5, 0.6) is 0 Å². The lowest BCUT2D eigenvalue weighted by atomic mass is 10.0. The molecule has 0 unspecified atom stereocenters. The maximum absolute atomic E-state index is 11.8. The molecule has 2 rings (SSSR count). The second kappa shape index (κ2) is 9.46. The van der Waals surface area contributed by atoms with Crippen LogP contribution in [0.1, 0.15) is 31.9 Å². The number of hydrogen-bond acceptors (Lipinski definition) is 3. The summed E-state index contributed by atoms with van der Waals surface area (Å²) in [6.45, 7) is 6.85. The average molecular weight is 404 g/mol. The summed E-state index contributed by atoms with van der Waals surface area (Å²) in [5.74, 6) is 0. The van der Waals surface area contributed by atoms with E-state index in [0.29, 0.717) is 47.9 Å². The molecule has 1 N–H and O–H groups in total. The molecular weight excluding hydrogens is 381 g/mol. The van der Waals surface area contributed by atoms with Gasteiger partial charge in [0.15, 0.2) is 5.11 Å². The molecule has 1 amide bonds. The fourth-order valence-corrected chi connectivity index (χ4v) is 3.33. The van der Waals surface area contributed by atoms with E-state index in [2.05, 4.69) is 17.1 Å². The van der Waals surface area contributed by atoms with Crippen molar-refractivity contribution in [2.45, 2.75) is 26.3 Å². The minimum Gasteiger partial charge on any atom is -0.450 e. The molecule has 1 atom stereocenters. The quantitative estimate of drug-likeness (QED) is 0.766. The van der Waals surface area contributed by atoms with E-state index in [1.807, 2.05) is 12.1 Å². The highest BCUT2D eigenvalue weighted by atomic mass is 35.5. The van der Waals surface area contributed by atoms with E-state index in [4.69, 9.17) is 40.2 Å². The van der Waals surface area contributed by atoms with Gasteiger partial charge in [0.25, 0.3) is 0 Å². The fraction of sp³-hybridized carbons (Fsp3) is 0.529. The second-order valence-electron chi connectivity index (χ2n) is 5.76. The van der Waals surface area contributed by atoms with Crippen molar-refractivity contribution in [1.82, 2.24) is 15.1 Å². The highest BCUT2D eigenvalue weighted by Gasteiger charge is 2.24. The van der Waals surface area contributed by atoms with Crippen molar-refractivity contribution in [2.75, 3.05) is 32.8 Å². The van der Waals surface area contributed by atoms with Gasteiger partial charge in [-0.1, -0.05) is 36.2 Å². The molecule has 1 aliphatic heterocycles. The number of amides is 1. The van der Waals surface area contributed by atoms with E-state index < -0.39 is 0 Å². The molecule has 1 saturated heterocycles. The third-order valence-corrected chi connectivity index (χ3v) is 5.26. The van der Waals surface area contributed by atoms with Crippen LogP contribution in [-0.2, 0) is 4.74 Å². The Kier molecular flexibility index (Phi) is 7.59. The third kappa shape index (κ3) is 5.36. The Bertz CT molecular complexity index is 622. The molecular formula is C17H23Cl2N3O2S. The molecule has 1 fully saturated rings. The molecule has 138 valence electrons. The second-order valence-corrected chi connectivity index (χ2v) is 6.96. The predicted octanol–water partition coefficient (Wildman–Crippen LogP) is 4.09. The van der Waals surface area contributed by atoms with E-state index in [1.165, 1.54) is 0 Å². The van der Waals surface area contributed by atoms with Gasteiger partial charge in [-0.05, 0) is 43.3 Å². The Balaban J connectivity index is 1.92. The summed E-state index contributed by atoms with van der Waals surface area (Å²) in [5.41, 5.74) is 1.05. The van der Waals surface area contributed by atoms with Crippen LogP contribution < -0.4 is 5.32 Å². The number of halogens is 2. The minimum absolute atomic E-state index is 0.0605. The lowest BCUT2D eigenvalue weighted by molar-refractivity contribution is 0.0917. The number of carbonyl (C=O) groups excluding carboxylic acids is 1. The van der Waals surface area contributed by atoms with Gasteiger partial charge in [-0.25, -0.2) is 4.79 Å². The number of ether oxygens (including phenoxy) is 1. The van der Waals surface area contributed by atoms with Gasteiger partial charge in [0, 0.05) is 26.2 Å². The molecule has 0 aromatic heterocycles. The largest absolute Gasteiger partial charge is 0.450 e. The number of rotatable bonds is 4. The van der Waals surface area contributed by atoms with Crippen molar-refractivity contribution < 1.29 is 9.53 Å². The first-order valence-electron chi connectivity index (χ1n) is 8.38. The zero-order valence-electron chi connectivity index (χ0n) is 14.4. The van der Waals surface area contributed by atoms with Crippen LogP contribution in [0, 0.1) is 0 Å². The van der Waals surface area contributed by atoms with Crippen molar-refractivity contribution >= 4 is 46.6 Å². The predicted molar refractivity (Wildman–Crippen MR) is 105 cm³/mol. The topological polar surface area (TPSA) is 44.8 Å². The van der Waals surface area contributed by atoms with Crippen LogP contribution in [0.4, 0.5) is 4.79 Å². The molecule has 1 aromatic carbocycles. The summed E-state index contributed by atoms with van der Waals surface area (Å²) < 4.78 is 5.03. The number of thiocarbonyl (C=S) groups is 1. The average Bonchev–Trinajstić information content (AvgIpc) is 2.62. The highest BCUT2D eigenvalue weighted by molar-refractivity contribution is 7.80. The standard InChI is InChI=1S/C17H23Cl2N3O2S/c1-3-15(12-5-6-13(18)14(19)11-12)20-16(25)21-7-9-22(10-8-21)17(23)24-4-2/h5-6,11,15H,3-4,7-10H2,1-2H3,(H,20,25)/t15-/m1/s1. The highest BCUT2D eigenvalue weighted by Crippen LogP contribution is 2.27. The van der Waals surface area contributed by atoms with Gasteiger partial charge in [0.2, 0.25) is 0 Å². The summed E-state index contributed by atoms with van der Waals surface area (Å²) in [6.07, 6.45) is 0.601. The Labute approximate surface area is 164 Å². The fourth-order valence-electron chi connectivity index (χ4n) is 2.70. The Morgan fingerprint density at radius 2 is 1.84 bits per heavy atom. The third-order valence-electron chi connectivity index (χ3n) is 4.14. The van der Waals surface area contributed by atoms with Gasteiger partial charge in [0.05, 0.1) is 22.7 Å². The number of benzene rings is 1. The zero-order chi connectivity index (χ0) is 18.4. The lowest BCUT2D eigenvalue weighted by Gasteiger charge is -2.36. The molecule has 0 radical (unpaired) electrons. The van der Waals surface area contributed by atoms with Crippen molar-refractivity contribution in [2.24, 2.45) is 0 Å². The van der Waals surface area contributed by atoms with Gasteiger partial charge in [-0.15, -0.1) is 0 Å².